The lowest BCUT2D eigenvalue weighted by Crippen LogP contribution is -2.50. The topological polar surface area (TPSA) is 37.4 Å². The molecule has 0 N–H and O–H groups in total. The number of para-hydroxylation sites is 1. The molecule has 3 rings (SSSR count). The van der Waals surface area contributed by atoms with Gasteiger partial charge in [-0.2, -0.15) is 0 Å². The fourth-order valence-electron chi connectivity index (χ4n) is 3.18. The van der Waals surface area contributed by atoms with Crippen LogP contribution in [0.2, 0.25) is 0 Å². The number of hydrogen-bond donors (Lipinski definition) is 0. The number of carbonyl (C=O) groups excluding carboxylic acids is 2. The highest BCUT2D eigenvalue weighted by molar-refractivity contribution is 6.10. The van der Waals surface area contributed by atoms with E-state index in [0.29, 0.717) is 12.8 Å². The third-order valence-corrected chi connectivity index (χ3v) is 4.11. The third kappa shape index (κ3) is 1.43. The number of rotatable bonds is 1. The molecule has 2 unspecified atom stereocenters. The molecule has 0 spiro atoms. The van der Waals surface area contributed by atoms with Gasteiger partial charge in [-0.1, -0.05) is 32.0 Å². The molecule has 0 aliphatic carbocycles. The number of Topliss-reactive ketones (excluding diaryl/α,β-unsaturated/α-hetero) is 1. The minimum absolute atomic E-state index is 0.103. The Kier molecular flexibility index (Phi) is 2.51. The average molecular weight is 243 g/mol. The molecule has 0 radical (unpaired) electrons. The molecule has 94 valence electrons. The van der Waals surface area contributed by atoms with E-state index in [-0.39, 0.29) is 23.7 Å². The van der Waals surface area contributed by atoms with Crippen molar-refractivity contribution in [3.8, 4) is 0 Å². The molecular formula is C15H17NO2. The molecule has 2 aliphatic rings. The predicted molar refractivity (Wildman–Crippen MR) is 69.6 cm³/mol. The van der Waals surface area contributed by atoms with Gasteiger partial charge in [-0.15, -0.1) is 0 Å². The van der Waals surface area contributed by atoms with Crippen molar-refractivity contribution in [2.75, 3.05) is 4.90 Å². The van der Waals surface area contributed by atoms with Crippen molar-refractivity contribution in [2.45, 2.75) is 39.2 Å². The number of fused-ring (bicyclic) bond motifs is 3. The first-order valence-corrected chi connectivity index (χ1v) is 6.60. The van der Waals surface area contributed by atoms with Crippen LogP contribution in [0.15, 0.2) is 18.2 Å². The van der Waals surface area contributed by atoms with Crippen LogP contribution in [0.4, 0.5) is 5.69 Å². The number of aryl methyl sites for hydroxylation is 1. The van der Waals surface area contributed by atoms with E-state index < -0.39 is 0 Å². The molecular weight excluding hydrogens is 226 g/mol. The summed E-state index contributed by atoms with van der Waals surface area (Å²) in [6, 6.07) is 5.87. The average Bonchev–Trinajstić information content (AvgIpc) is 2.75. The van der Waals surface area contributed by atoms with Gasteiger partial charge in [0, 0.05) is 18.8 Å². The maximum atomic E-state index is 12.2. The molecule has 3 nitrogen and oxygen atoms in total. The van der Waals surface area contributed by atoms with Gasteiger partial charge < -0.3 is 4.90 Å². The maximum absolute atomic E-state index is 12.2. The number of amides is 1. The Balaban J connectivity index is 2.12. The van der Waals surface area contributed by atoms with E-state index in [9.17, 15) is 9.59 Å². The summed E-state index contributed by atoms with van der Waals surface area (Å²) >= 11 is 0. The van der Waals surface area contributed by atoms with Crippen LogP contribution in [0, 0.1) is 5.92 Å². The molecule has 2 aliphatic heterocycles. The Morgan fingerprint density at radius 1 is 1.28 bits per heavy atom. The lowest BCUT2D eigenvalue weighted by atomic mass is 9.90. The van der Waals surface area contributed by atoms with Gasteiger partial charge in [-0.05, 0) is 17.5 Å². The van der Waals surface area contributed by atoms with Crippen LogP contribution >= 0.6 is 0 Å². The second-order valence-electron chi connectivity index (χ2n) is 5.27. The summed E-state index contributed by atoms with van der Waals surface area (Å²) in [5, 5.41) is 0. The van der Waals surface area contributed by atoms with Crippen molar-refractivity contribution in [3.63, 3.8) is 0 Å². The molecule has 0 saturated carbocycles. The Labute approximate surface area is 107 Å². The third-order valence-electron chi connectivity index (χ3n) is 4.11. The zero-order valence-electron chi connectivity index (χ0n) is 10.8. The van der Waals surface area contributed by atoms with Crippen molar-refractivity contribution in [1.29, 1.82) is 0 Å². The van der Waals surface area contributed by atoms with Gasteiger partial charge in [-0.3, -0.25) is 9.59 Å². The predicted octanol–water partition coefficient (Wildman–Crippen LogP) is 2.12. The van der Waals surface area contributed by atoms with E-state index in [4.69, 9.17) is 0 Å². The van der Waals surface area contributed by atoms with E-state index in [2.05, 4.69) is 13.0 Å². The monoisotopic (exact) mass is 243 g/mol. The highest BCUT2D eigenvalue weighted by Crippen LogP contribution is 2.40. The molecule has 1 aromatic rings. The van der Waals surface area contributed by atoms with Gasteiger partial charge >= 0.3 is 0 Å². The molecule has 1 aromatic carbocycles. The summed E-state index contributed by atoms with van der Waals surface area (Å²) in [6.45, 7) is 3.95. The first-order chi connectivity index (χ1) is 8.63. The Morgan fingerprint density at radius 2 is 2.06 bits per heavy atom. The summed E-state index contributed by atoms with van der Waals surface area (Å²) in [4.78, 5) is 26.2. The highest BCUT2D eigenvalue weighted by Gasteiger charge is 2.44. The summed E-state index contributed by atoms with van der Waals surface area (Å²) in [5.41, 5.74) is 3.33. The Bertz CT molecular complexity index is 535. The largest absolute Gasteiger partial charge is 0.301 e. The van der Waals surface area contributed by atoms with E-state index >= 15 is 0 Å². The van der Waals surface area contributed by atoms with Crippen LogP contribution in [-0.2, 0) is 22.4 Å². The van der Waals surface area contributed by atoms with Gasteiger partial charge in [0.05, 0.1) is 11.7 Å². The highest BCUT2D eigenvalue weighted by atomic mass is 16.2. The van der Waals surface area contributed by atoms with Crippen LogP contribution in [-0.4, -0.2) is 17.7 Å². The van der Waals surface area contributed by atoms with Gasteiger partial charge in [-0.25, -0.2) is 0 Å². The smallest absolute Gasteiger partial charge is 0.228 e. The number of piperidine rings is 1. The number of ketones is 1. The van der Waals surface area contributed by atoms with Gasteiger partial charge in [0.15, 0.2) is 5.78 Å². The zero-order chi connectivity index (χ0) is 12.9. The Morgan fingerprint density at radius 3 is 2.78 bits per heavy atom. The fraction of sp³-hybridized carbons (Fsp3) is 0.467. The van der Waals surface area contributed by atoms with E-state index in [1.54, 1.807) is 4.90 Å². The number of benzene rings is 1. The first-order valence-electron chi connectivity index (χ1n) is 6.60. The van der Waals surface area contributed by atoms with E-state index in [0.717, 1.165) is 17.7 Å². The summed E-state index contributed by atoms with van der Waals surface area (Å²) in [7, 11) is 0. The van der Waals surface area contributed by atoms with Crippen molar-refractivity contribution >= 4 is 17.4 Å². The van der Waals surface area contributed by atoms with Gasteiger partial charge in [0.25, 0.3) is 0 Å². The molecule has 1 amide bonds. The molecule has 0 bridgehead atoms. The van der Waals surface area contributed by atoms with Crippen molar-refractivity contribution in [3.05, 3.63) is 29.3 Å². The lowest BCUT2D eigenvalue weighted by Gasteiger charge is -2.33. The van der Waals surface area contributed by atoms with E-state index in [1.807, 2.05) is 19.1 Å². The SMILES string of the molecule is CCc1cccc2c1N1C(=O)CC(C)C(=O)C1C2. The maximum Gasteiger partial charge on any atom is 0.228 e. The van der Waals surface area contributed by atoms with E-state index in [1.165, 1.54) is 5.56 Å². The van der Waals surface area contributed by atoms with Crippen LogP contribution in [0.3, 0.4) is 0 Å². The number of carbonyl (C=O) groups is 2. The van der Waals surface area contributed by atoms with Gasteiger partial charge in [0.1, 0.15) is 0 Å². The quantitative estimate of drug-likeness (QED) is 0.757. The van der Waals surface area contributed by atoms with Crippen LogP contribution in [0.25, 0.3) is 0 Å². The van der Waals surface area contributed by atoms with Crippen LogP contribution in [0.5, 0.6) is 0 Å². The molecule has 1 fully saturated rings. The molecule has 18 heavy (non-hydrogen) atoms. The minimum atomic E-state index is -0.246. The zero-order valence-corrected chi connectivity index (χ0v) is 10.8. The molecule has 3 heteroatoms. The lowest BCUT2D eigenvalue weighted by molar-refractivity contribution is -0.133. The summed E-state index contributed by atoms with van der Waals surface area (Å²) in [6.07, 6.45) is 1.94. The van der Waals surface area contributed by atoms with Crippen molar-refractivity contribution in [2.24, 2.45) is 5.92 Å². The second-order valence-corrected chi connectivity index (χ2v) is 5.27. The Hall–Kier alpha value is -1.64. The number of nitrogens with zero attached hydrogens (tertiary/aromatic N) is 1. The summed E-state index contributed by atoms with van der Waals surface area (Å²) < 4.78 is 0. The molecule has 1 saturated heterocycles. The molecule has 2 atom stereocenters. The van der Waals surface area contributed by atoms with Crippen LogP contribution < -0.4 is 4.90 Å². The normalized spacial score (nSPS) is 26.2. The van der Waals surface area contributed by atoms with Crippen molar-refractivity contribution in [1.82, 2.24) is 0 Å². The van der Waals surface area contributed by atoms with Crippen molar-refractivity contribution < 1.29 is 9.59 Å². The standard InChI is InChI=1S/C15H17NO2/c1-3-10-5-4-6-11-8-12-15(18)9(2)7-13(17)16(12)14(10)11/h4-6,9,12H,3,7-8H2,1-2H3. The van der Waals surface area contributed by atoms with Gasteiger partial charge in [0.2, 0.25) is 5.91 Å². The molecule has 2 heterocycles. The van der Waals surface area contributed by atoms with Crippen LogP contribution in [0.1, 0.15) is 31.4 Å². The first kappa shape index (κ1) is 11.5. The summed E-state index contributed by atoms with van der Waals surface area (Å²) in [5.74, 6) is 0.192. The molecule has 0 aromatic heterocycles. The second kappa shape index (κ2) is 3.94. The number of anilines is 1. The minimum Gasteiger partial charge on any atom is -0.301 e. The number of hydrogen-bond acceptors (Lipinski definition) is 2. The fourth-order valence-corrected chi connectivity index (χ4v) is 3.18.